The number of piperidine rings is 1. The molecule has 0 saturated carbocycles. The van der Waals surface area contributed by atoms with E-state index in [0.717, 1.165) is 84.1 Å². The topological polar surface area (TPSA) is 95.4 Å². The quantitative estimate of drug-likeness (QED) is 0.229. The molecule has 1 aromatic heterocycles. The normalized spacial score (nSPS) is 19.6. The highest BCUT2D eigenvalue weighted by Crippen LogP contribution is 2.42. The minimum Gasteiger partial charge on any atom is -0.493 e. The van der Waals surface area contributed by atoms with Crippen LogP contribution >= 0.6 is 0 Å². The summed E-state index contributed by atoms with van der Waals surface area (Å²) in [5.74, 6) is -0.347. The number of aryl methyl sites for hydroxylation is 1. The first-order chi connectivity index (χ1) is 23.0. The number of halogens is 1. The lowest BCUT2D eigenvalue weighted by Crippen LogP contribution is -2.45. The van der Waals surface area contributed by atoms with Crippen molar-refractivity contribution in [3.8, 4) is 16.9 Å². The number of morpholine rings is 1. The summed E-state index contributed by atoms with van der Waals surface area (Å²) in [4.78, 5) is 22.1. The van der Waals surface area contributed by atoms with Gasteiger partial charge in [-0.1, -0.05) is 38.1 Å². The molecule has 3 aromatic rings. The molecule has 268 valence electrons. The lowest BCUT2D eigenvalue weighted by molar-refractivity contribution is -0.136. The van der Waals surface area contributed by atoms with Crippen molar-refractivity contribution in [1.82, 2.24) is 9.88 Å². The van der Waals surface area contributed by atoms with Crippen LogP contribution in [0.15, 0.2) is 48.5 Å². The molecule has 8 nitrogen and oxygen atoms in total. The van der Waals surface area contributed by atoms with Gasteiger partial charge in [0.25, 0.3) is 0 Å². The van der Waals surface area contributed by atoms with Crippen LogP contribution in [0, 0.1) is 18.2 Å². The Labute approximate surface area is 292 Å². The average molecular weight is 678 g/mol. The Balaban J connectivity index is 0.00000101. The fourth-order valence-electron chi connectivity index (χ4n) is 6.53. The monoisotopic (exact) mass is 677 g/mol. The second-order valence-corrected chi connectivity index (χ2v) is 15.4. The molecule has 2 fully saturated rings. The maximum Gasteiger partial charge on any atom is 0.307 e. The Kier molecular flexibility index (Phi) is 12.9. The van der Waals surface area contributed by atoms with Gasteiger partial charge in [-0.2, -0.15) is 0 Å². The van der Waals surface area contributed by atoms with E-state index in [1.165, 1.54) is 12.1 Å². The summed E-state index contributed by atoms with van der Waals surface area (Å²) < 4.78 is 25.3. The Hall–Kier alpha value is -3.53. The van der Waals surface area contributed by atoms with E-state index in [1.807, 2.05) is 19.1 Å². The first-order valence-corrected chi connectivity index (χ1v) is 17.5. The molecule has 2 aliphatic rings. The molecule has 2 unspecified atom stereocenters. The summed E-state index contributed by atoms with van der Waals surface area (Å²) in [5.41, 5.74) is 6.32. The predicted octanol–water partition coefficient (Wildman–Crippen LogP) is 7.46. The first kappa shape index (κ1) is 38.3. The number of hydrogen-bond donors (Lipinski definition) is 2. The molecule has 3 heterocycles. The molecule has 9 heteroatoms. The zero-order valence-corrected chi connectivity index (χ0v) is 30.7. The highest BCUT2D eigenvalue weighted by molar-refractivity contribution is 5.86. The van der Waals surface area contributed by atoms with Crippen molar-refractivity contribution in [2.24, 2.45) is 5.41 Å². The minimum atomic E-state index is -0.854. The molecule has 2 N–H and O–H groups in total. The molecule has 2 atom stereocenters. The summed E-state index contributed by atoms with van der Waals surface area (Å²) in [6.45, 7) is 20.5. The lowest BCUT2D eigenvalue weighted by Gasteiger charge is -2.41. The van der Waals surface area contributed by atoms with Crippen LogP contribution in [-0.2, 0) is 28.9 Å². The fourth-order valence-corrected chi connectivity index (χ4v) is 6.53. The van der Waals surface area contributed by atoms with Crippen LogP contribution in [0.5, 0.6) is 5.75 Å². The first-order valence-electron chi connectivity index (χ1n) is 17.5. The van der Waals surface area contributed by atoms with E-state index in [2.05, 4.69) is 49.6 Å². The maximum absolute atomic E-state index is 13.3. The molecule has 2 aliphatic heterocycles. The van der Waals surface area contributed by atoms with E-state index in [0.29, 0.717) is 19.6 Å². The number of aromatic nitrogens is 1. The number of nitrogens with zero attached hydrogens (tertiary/aromatic N) is 3. The predicted molar refractivity (Wildman–Crippen MR) is 194 cm³/mol. The highest BCUT2D eigenvalue weighted by Gasteiger charge is 2.32. The zero-order valence-electron chi connectivity index (χ0n) is 30.7. The Morgan fingerprint density at radius 2 is 1.59 bits per heavy atom. The maximum atomic E-state index is 13.3. The summed E-state index contributed by atoms with van der Waals surface area (Å²) >= 11 is 0. The molecule has 0 radical (unpaired) electrons. The van der Waals surface area contributed by atoms with Gasteiger partial charge in [0.1, 0.15) is 11.6 Å². The number of carbonyl (C=O) groups is 1. The lowest BCUT2D eigenvalue weighted by atomic mass is 9.82. The minimum absolute atomic E-state index is 0.0719. The van der Waals surface area contributed by atoms with E-state index in [9.17, 15) is 14.3 Å². The molecular weight excluding hydrogens is 621 g/mol. The number of ether oxygens (including phenoxy) is 2. The summed E-state index contributed by atoms with van der Waals surface area (Å²) in [6, 6.07) is 14.6. The van der Waals surface area contributed by atoms with Crippen molar-refractivity contribution in [3.63, 3.8) is 0 Å². The van der Waals surface area contributed by atoms with Gasteiger partial charge in [-0.05, 0) is 95.2 Å². The molecule has 0 bridgehead atoms. The number of hydrogen-bond acceptors (Lipinski definition) is 7. The molecule has 0 aliphatic carbocycles. The van der Waals surface area contributed by atoms with Crippen molar-refractivity contribution in [3.05, 3.63) is 76.9 Å². The third-order valence-corrected chi connectivity index (χ3v) is 8.90. The summed E-state index contributed by atoms with van der Waals surface area (Å²) in [6.07, 6.45) is 2.94. The zero-order chi connectivity index (χ0) is 35.9. The van der Waals surface area contributed by atoms with Crippen LogP contribution in [0.3, 0.4) is 0 Å². The summed E-state index contributed by atoms with van der Waals surface area (Å²) in [7, 11) is 0. The van der Waals surface area contributed by atoms with E-state index >= 15 is 0 Å². The van der Waals surface area contributed by atoms with E-state index in [4.69, 9.17) is 19.6 Å². The van der Waals surface area contributed by atoms with Crippen LogP contribution in [0.2, 0.25) is 0 Å². The van der Waals surface area contributed by atoms with Crippen LogP contribution < -0.4 is 9.64 Å². The number of aliphatic hydroxyl groups is 1. The van der Waals surface area contributed by atoms with Crippen LogP contribution in [0.4, 0.5) is 10.1 Å². The number of pyridine rings is 1. The van der Waals surface area contributed by atoms with Gasteiger partial charge >= 0.3 is 5.97 Å². The molecule has 49 heavy (non-hydrogen) atoms. The second-order valence-electron chi connectivity index (χ2n) is 15.4. The molecule has 0 spiro atoms. The van der Waals surface area contributed by atoms with Gasteiger partial charge in [-0.25, -0.2) is 4.39 Å². The van der Waals surface area contributed by atoms with Gasteiger partial charge in [-0.3, -0.25) is 14.7 Å². The second kappa shape index (κ2) is 16.5. The highest BCUT2D eigenvalue weighted by atomic mass is 19.1. The van der Waals surface area contributed by atoms with Crippen LogP contribution in [0.1, 0.15) is 83.8 Å². The fraction of sp³-hybridized carbons (Fsp3) is 0.550. The largest absolute Gasteiger partial charge is 0.493 e. The van der Waals surface area contributed by atoms with Crippen molar-refractivity contribution in [2.75, 3.05) is 37.7 Å². The van der Waals surface area contributed by atoms with E-state index in [1.54, 1.807) is 32.9 Å². The van der Waals surface area contributed by atoms with Crippen LogP contribution in [0.25, 0.3) is 11.1 Å². The number of anilines is 1. The molecule has 2 saturated heterocycles. The van der Waals surface area contributed by atoms with Gasteiger partial charge < -0.3 is 24.6 Å². The Morgan fingerprint density at radius 3 is 2.14 bits per heavy atom. The molecular formula is C40H56FN3O5. The SMILES string of the molecule is CC(C)(C)O.Cc1nc(CN2CC(C)OC(C)C2)c(-c2ccc(OCCc3ccc(F)cc3)cc2)c(N2CCC(C)(C)CC2)c1CC(=O)O. The van der Waals surface area contributed by atoms with E-state index in [-0.39, 0.29) is 29.9 Å². The number of carboxylic acid groups (broad SMARTS) is 1. The Bertz CT molecular complexity index is 1510. The van der Waals surface area contributed by atoms with Gasteiger partial charge in [0.15, 0.2) is 0 Å². The number of carboxylic acids is 1. The number of benzene rings is 2. The standard InChI is InChI=1S/C36H46FN3O4.C4H10O/c1-24-21-39(22-25(2)44-24)23-32-34(28-8-12-30(13-9-28)43-19-14-27-6-10-29(37)11-7-27)35(31(20-33(41)42)26(3)38-32)40-17-15-36(4,5)16-18-40;1-4(2,3)5/h6-13,24-25H,14-23H2,1-5H3,(H,41,42);5H,1-3H3. The van der Waals surface area contributed by atoms with E-state index < -0.39 is 11.6 Å². The van der Waals surface area contributed by atoms with Gasteiger partial charge in [-0.15, -0.1) is 0 Å². The average Bonchev–Trinajstić information content (AvgIpc) is 2.98. The third-order valence-electron chi connectivity index (χ3n) is 8.90. The van der Waals surface area contributed by atoms with Gasteiger partial charge in [0.05, 0.1) is 42.2 Å². The molecule has 5 rings (SSSR count). The smallest absolute Gasteiger partial charge is 0.307 e. The number of aliphatic carboxylic acids is 1. The molecule has 0 amide bonds. The number of rotatable bonds is 10. The van der Waals surface area contributed by atoms with Crippen LogP contribution in [-0.4, -0.2) is 76.7 Å². The van der Waals surface area contributed by atoms with Crippen molar-refractivity contribution < 1.29 is 28.9 Å². The van der Waals surface area contributed by atoms with Crippen molar-refractivity contribution >= 4 is 11.7 Å². The van der Waals surface area contributed by atoms with Crippen molar-refractivity contribution in [1.29, 1.82) is 0 Å². The van der Waals surface area contributed by atoms with Crippen molar-refractivity contribution in [2.45, 2.75) is 105 Å². The van der Waals surface area contributed by atoms with Gasteiger partial charge in [0.2, 0.25) is 0 Å². The Morgan fingerprint density at radius 1 is 1.02 bits per heavy atom. The third kappa shape index (κ3) is 11.8. The summed E-state index contributed by atoms with van der Waals surface area (Å²) in [5, 5.41) is 18.5. The molecule has 2 aromatic carbocycles. The van der Waals surface area contributed by atoms with Gasteiger partial charge in [0, 0.05) is 56.0 Å².